The highest BCUT2D eigenvalue weighted by Crippen LogP contribution is 2.24. The second-order valence-corrected chi connectivity index (χ2v) is 4.45. The number of rotatable bonds is 4. The van der Waals surface area contributed by atoms with E-state index in [0.29, 0.717) is 11.5 Å². The molecule has 1 aromatic carbocycles. The fraction of sp³-hybridized carbons (Fsp3) is 0.364. The van der Waals surface area contributed by atoms with Crippen LogP contribution >= 0.6 is 11.8 Å². The van der Waals surface area contributed by atoms with Gasteiger partial charge in [-0.05, 0) is 30.5 Å². The Morgan fingerprint density at radius 1 is 1.33 bits per heavy atom. The fourth-order valence-electron chi connectivity index (χ4n) is 1.39. The molecule has 1 aromatic rings. The fourth-order valence-corrected chi connectivity index (χ4v) is 2.06. The summed E-state index contributed by atoms with van der Waals surface area (Å²) in [6.45, 7) is 3.68. The molecule has 0 spiro atoms. The summed E-state index contributed by atoms with van der Waals surface area (Å²) in [7, 11) is 0. The third-order valence-electron chi connectivity index (χ3n) is 2.05. The van der Waals surface area contributed by atoms with Crippen LogP contribution in [0.3, 0.4) is 0 Å². The Balaban J connectivity index is 2.66. The standard InChI is InChI=1S/C11H14O3S/c1-7-3-9(4-8(2)11(7)14)5-15-6-10(12)13/h3-4,14H,5-6H2,1-2H3,(H,12,13). The lowest BCUT2D eigenvalue weighted by Crippen LogP contribution is -1.98. The second-order valence-electron chi connectivity index (χ2n) is 3.46. The van der Waals surface area contributed by atoms with Crippen molar-refractivity contribution in [3.8, 4) is 5.75 Å². The molecule has 0 bridgehead atoms. The molecule has 0 fully saturated rings. The highest BCUT2D eigenvalue weighted by atomic mass is 32.2. The van der Waals surface area contributed by atoms with Gasteiger partial charge in [0.1, 0.15) is 5.75 Å². The van der Waals surface area contributed by atoms with Crippen LogP contribution in [-0.4, -0.2) is 21.9 Å². The lowest BCUT2D eigenvalue weighted by molar-refractivity contribution is -0.133. The molecule has 2 N–H and O–H groups in total. The van der Waals surface area contributed by atoms with Gasteiger partial charge in [0.2, 0.25) is 0 Å². The van der Waals surface area contributed by atoms with Crippen LogP contribution in [0.25, 0.3) is 0 Å². The largest absolute Gasteiger partial charge is 0.507 e. The van der Waals surface area contributed by atoms with Crippen molar-refractivity contribution < 1.29 is 15.0 Å². The number of carboxylic acids is 1. The van der Waals surface area contributed by atoms with E-state index in [1.165, 1.54) is 11.8 Å². The molecule has 0 radical (unpaired) electrons. The normalized spacial score (nSPS) is 10.3. The first-order chi connectivity index (χ1) is 7.00. The summed E-state index contributed by atoms with van der Waals surface area (Å²) in [5, 5.41) is 18.0. The maximum atomic E-state index is 10.3. The minimum atomic E-state index is -0.799. The van der Waals surface area contributed by atoms with Crippen LogP contribution < -0.4 is 0 Å². The van der Waals surface area contributed by atoms with Crippen molar-refractivity contribution in [3.05, 3.63) is 28.8 Å². The minimum absolute atomic E-state index is 0.110. The molecule has 0 heterocycles. The highest BCUT2D eigenvalue weighted by Gasteiger charge is 2.04. The number of aryl methyl sites for hydroxylation is 2. The minimum Gasteiger partial charge on any atom is -0.507 e. The summed E-state index contributed by atoms with van der Waals surface area (Å²) in [4.78, 5) is 10.3. The Bertz CT molecular complexity index is 351. The summed E-state index contributed by atoms with van der Waals surface area (Å²) < 4.78 is 0. The van der Waals surface area contributed by atoms with Gasteiger partial charge < -0.3 is 10.2 Å². The Morgan fingerprint density at radius 2 is 1.87 bits per heavy atom. The third kappa shape index (κ3) is 3.47. The molecular weight excluding hydrogens is 212 g/mol. The van der Waals surface area contributed by atoms with Crippen LogP contribution in [0.1, 0.15) is 16.7 Å². The molecule has 4 heteroatoms. The van der Waals surface area contributed by atoms with Crippen LogP contribution in [0.15, 0.2) is 12.1 Å². The van der Waals surface area contributed by atoms with Gasteiger partial charge in [0.05, 0.1) is 5.75 Å². The van der Waals surface area contributed by atoms with E-state index in [9.17, 15) is 9.90 Å². The maximum Gasteiger partial charge on any atom is 0.313 e. The van der Waals surface area contributed by atoms with Crippen LogP contribution in [0.4, 0.5) is 0 Å². The predicted molar refractivity (Wildman–Crippen MR) is 61.4 cm³/mol. The topological polar surface area (TPSA) is 57.5 Å². The number of aliphatic carboxylic acids is 1. The maximum absolute atomic E-state index is 10.3. The number of carboxylic acid groups (broad SMARTS) is 1. The molecule has 82 valence electrons. The van der Waals surface area contributed by atoms with Crippen molar-refractivity contribution in [2.45, 2.75) is 19.6 Å². The summed E-state index contributed by atoms with van der Waals surface area (Å²) in [6.07, 6.45) is 0. The number of hydrogen-bond acceptors (Lipinski definition) is 3. The Labute approximate surface area is 93.1 Å². The van der Waals surface area contributed by atoms with E-state index in [4.69, 9.17) is 5.11 Å². The number of benzene rings is 1. The quantitative estimate of drug-likeness (QED) is 0.827. The highest BCUT2D eigenvalue weighted by molar-refractivity contribution is 7.99. The van der Waals surface area contributed by atoms with Crippen molar-refractivity contribution in [2.75, 3.05) is 5.75 Å². The zero-order chi connectivity index (χ0) is 11.4. The van der Waals surface area contributed by atoms with Crippen molar-refractivity contribution in [3.63, 3.8) is 0 Å². The Kier molecular flexibility index (Phi) is 4.03. The monoisotopic (exact) mass is 226 g/mol. The van der Waals surface area contributed by atoms with E-state index in [2.05, 4.69) is 0 Å². The average molecular weight is 226 g/mol. The molecule has 0 aromatic heterocycles. The van der Waals surface area contributed by atoms with Gasteiger partial charge in [0, 0.05) is 5.75 Å². The molecule has 0 saturated heterocycles. The number of aromatic hydroxyl groups is 1. The average Bonchev–Trinajstić information content (AvgIpc) is 2.13. The van der Waals surface area contributed by atoms with Gasteiger partial charge in [-0.3, -0.25) is 4.79 Å². The molecule has 3 nitrogen and oxygen atoms in total. The van der Waals surface area contributed by atoms with E-state index in [0.717, 1.165) is 16.7 Å². The van der Waals surface area contributed by atoms with E-state index >= 15 is 0 Å². The molecule has 0 aliphatic rings. The van der Waals surface area contributed by atoms with Crippen LogP contribution in [0, 0.1) is 13.8 Å². The molecule has 0 amide bonds. The van der Waals surface area contributed by atoms with Gasteiger partial charge in [0.15, 0.2) is 0 Å². The third-order valence-corrected chi connectivity index (χ3v) is 3.03. The first-order valence-electron chi connectivity index (χ1n) is 4.59. The summed E-state index contributed by atoms with van der Waals surface area (Å²) in [5.74, 6) is 0.293. The lowest BCUT2D eigenvalue weighted by Gasteiger charge is -2.07. The van der Waals surface area contributed by atoms with Crippen molar-refractivity contribution in [1.82, 2.24) is 0 Å². The number of phenolic OH excluding ortho intramolecular Hbond substituents is 1. The molecule has 15 heavy (non-hydrogen) atoms. The van der Waals surface area contributed by atoms with E-state index < -0.39 is 5.97 Å². The van der Waals surface area contributed by atoms with Crippen LogP contribution in [0.5, 0.6) is 5.75 Å². The zero-order valence-corrected chi connectivity index (χ0v) is 9.60. The Morgan fingerprint density at radius 3 is 2.33 bits per heavy atom. The molecule has 1 rings (SSSR count). The SMILES string of the molecule is Cc1cc(CSCC(=O)O)cc(C)c1O. The molecule has 0 unspecified atom stereocenters. The van der Waals surface area contributed by atoms with Crippen molar-refractivity contribution >= 4 is 17.7 Å². The first kappa shape index (κ1) is 11.9. The van der Waals surface area contributed by atoms with Crippen molar-refractivity contribution in [2.24, 2.45) is 0 Å². The van der Waals surface area contributed by atoms with Gasteiger partial charge in [-0.1, -0.05) is 12.1 Å². The smallest absolute Gasteiger partial charge is 0.313 e. The summed E-state index contributed by atoms with van der Waals surface area (Å²) in [5.41, 5.74) is 2.72. The molecule has 0 aliphatic heterocycles. The van der Waals surface area contributed by atoms with Gasteiger partial charge in [-0.2, -0.15) is 0 Å². The first-order valence-corrected chi connectivity index (χ1v) is 5.75. The lowest BCUT2D eigenvalue weighted by atomic mass is 10.1. The molecule has 0 aliphatic carbocycles. The summed E-state index contributed by atoms with van der Waals surface area (Å²) in [6, 6.07) is 3.77. The van der Waals surface area contributed by atoms with Crippen molar-refractivity contribution in [1.29, 1.82) is 0 Å². The number of carbonyl (C=O) groups is 1. The number of thioether (sulfide) groups is 1. The van der Waals surface area contributed by atoms with Gasteiger partial charge in [-0.25, -0.2) is 0 Å². The number of phenols is 1. The number of hydrogen-bond donors (Lipinski definition) is 2. The van der Waals surface area contributed by atoms with E-state index in [1.807, 2.05) is 26.0 Å². The second kappa shape index (κ2) is 5.07. The van der Waals surface area contributed by atoms with Crippen LogP contribution in [-0.2, 0) is 10.5 Å². The zero-order valence-electron chi connectivity index (χ0n) is 8.78. The van der Waals surface area contributed by atoms with Gasteiger partial charge in [0.25, 0.3) is 0 Å². The Hall–Kier alpha value is -1.16. The predicted octanol–water partition coefficient (Wildman–Crippen LogP) is 2.33. The molecular formula is C11H14O3S. The summed E-state index contributed by atoms with van der Waals surface area (Å²) >= 11 is 1.36. The van der Waals surface area contributed by atoms with Gasteiger partial charge in [-0.15, -0.1) is 11.8 Å². The molecule has 0 atom stereocenters. The van der Waals surface area contributed by atoms with Gasteiger partial charge >= 0.3 is 5.97 Å². The molecule has 0 saturated carbocycles. The van der Waals surface area contributed by atoms with E-state index in [-0.39, 0.29) is 5.75 Å². The van der Waals surface area contributed by atoms with Crippen LogP contribution in [0.2, 0.25) is 0 Å². The van der Waals surface area contributed by atoms with E-state index in [1.54, 1.807) is 0 Å².